The standard InChI is InChI=1S/C11H10Br2N2O/c1-15(4-2-3-14)11(16)8-5-9(12)7-10(13)6-8/h5-7H,2,4H2,1H3. The van der Waals surface area contributed by atoms with Gasteiger partial charge in [-0.3, -0.25) is 4.79 Å². The third kappa shape index (κ3) is 3.62. The molecule has 0 bridgehead atoms. The summed E-state index contributed by atoms with van der Waals surface area (Å²) in [7, 11) is 1.69. The highest BCUT2D eigenvalue weighted by atomic mass is 79.9. The molecule has 3 nitrogen and oxygen atoms in total. The van der Waals surface area contributed by atoms with Crippen LogP contribution < -0.4 is 0 Å². The Labute approximate surface area is 111 Å². The number of carbonyl (C=O) groups is 1. The Morgan fingerprint density at radius 1 is 1.38 bits per heavy atom. The van der Waals surface area contributed by atoms with Gasteiger partial charge in [0.05, 0.1) is 12.5 Å². The highest BCUT2D eigenvalue weighted by Crippen LogP contribution is 2.20. The van der Waals surface area contributed by atoms with Crippen molar-refractivity contribution in [2.45, 2.75) is 6.42 Å². The highest BCUT2D eigenvalue weighted by molar-refractivity contribution is 9.11. The van der Waals surface area contributed by atoms with Crippen molar-refractivity contribution in [1.82, 2.24) is 4.90 Å². The average Bonchev–Trinajstić information content (AvgIpc) is 2.23. The minimum atomic E-state index is -0.0859. The van der Waals surface area contributed by atoms with E-state index in [0.717, 1.165) is 8.95 Å². The predicted molar refractivity (Wildman–Crippen MR) is 69.0 cm³/mol. The molecule has 0 aliphatic carbocycles. The molecule has 84 valence electrons. The van der Waals surface area contributed by atoms with Crippen molar-refractivity contribution in [3.63, 3.8) is 0 Å². The molecule has 0 heterocycles. The van der Waals surface area contributed by atoms with Crippen molar-refractivity contribution in [2.75, 3.05) is 13.6 Å². The summed E-state index contributed by atoms with van der Waals surface area (Å²) in [6.45, 7) is 0.444. The molecule has 0 saturated carbocycles. The van der Waals surface area contributed by atoms with Crippen LogP contribution in [0.5, 0.6) is 0 Å². The molecule has 0 aliphatic rings. The Morgan fingerprint density at radius 2 is 1.94 bits per heavy atom. The molecule has 0 aromatic heterocycles. The zero-order chi connectivity index (χ0) is 12.1. The molecule has 0 aliphatic heterocycles. The topological polar surface area (TPSA) is 44.1 Å². The van der Waals surface area contributed by atoms with Crippen LogP contribution in [0.3, 0.4) is 0 Å². The third-order valence-corrected chi connectivity index (χ3v) is 2.93. The number of benzene rings is 1. The fraction of sp³-hybridized carbons (Fsp3) is 0.273. The summed E-state index contributed by atoms with van der Waals surface area (Å²) in [4.78, 5) is 13.5. The predicted octanol–water partition coefficient (Wildman–Crippen LogP) is 3.20. The summed E-state index contributed by atoms with van der Waals surface area (Å²) in [5, 5.41) is 8.45. The van der Waals surface area contributed by atoms with Gasteiger partial charge >= 0.3 is 0 Å². The van der Waals surface area contributed by atoms with E-state index >= 15 is 0 Å². The molecule has 1 rings (SSSR count). The number of nitriles is 1. The number of carbonyl (C=O) groups excluding carboxylic acids is 1. The van der Waals surface area contributed by atoms with E-state index in [4.69, 9.17) is 5.26 Å². The molecule has 1 aromatic rings. The Hall–Kier alpha value is -0.860. The van der Waals surface area contributed by atoms with Crippen molar-refractivity contribution < 1.29 is 4.79 Å². The van der Waals surface area contributed by atoms with E-state index in [2.05, 4.69) is 31.9 Å². The first-order valence-corrected chi connectivity index (χ1v) is 6.21. The molecule has 1 amide bonds. The summed E-state index contributed by atoms with van der Waals surface area (Å²) < 4.78 is 1.69. The third-order valence-electron chi connectivity index (χ3n) is 2.02. The number of nitrogens with zero attached hydrogens (tertiary/aromatic N) is 2. The van der Waals surface area contributed by atoms with Gasteiger partial charge in [0.2, 0.25) is 0 Å². The molecular formula is C11H10Br2N2O. The van der Waals surface area contributed by atoms with Crippen LogP contribution in [0.25, 0.3) is 0 Å². The van der Waals surface area contributed by atoms with Gasteiger partial charge in [0.1, 0.15) is 0 Å². The lowest BCUT2D eigenvalue weighted by molar-refractivity contribution is 0.0798. The monoisotopic (exact) mass is 344 g/mol. The van der Waals surface area contributed by atoms with E-state index in [-0.39, 0.29) is 5.91 Å². The lowest BCUT2D eigenvalue weighted by atomic mass is 10.2. The van der Waals surface area contributed by atoms with E-state index in [1.807, 2.05) is 12.1 Å². The number of amides is 1. The molecule has 16 heavy (non-hydrogen) atoms. The van der Waals surface area contributed by atoms with Gasteiger partial charge in [0.25, 0.3) is 5.91 Å². The summed E-state index contributed by atoms with van der Waals surface area (Å²) in [5.41, 5.74) is 0.599. The molecule has 0 spiro atoms. The van der Waals surface area contributed by atoms with Crippen LogP contribution in [0.1, 0.15) is 16.8 Å². The highest BCUT2D eigenvalue weighted by Gasteiger charge is 2.12. The van der Waals surface area contributed by atoms with E-state index < -0.39 is 0 Å². The van der Waals surface area contributed by atoms with Gasteiger partial charge in [-0.2, -0.15) is 5.26 Å². The van der Waals surface area contributed by atoms with Crippen LogP contribution in [-0.2, 0) is 0 Å². The van der Waals surface area contributed by atoms with Crippen LogP contribution in [0.4, 0.5) is 0 Å². The summed E-state index contributed by atoms with van der Waals surface area (Å²) in [6.07, 6.45) is 0.345. The van der Waals surface area contributed by atoms with Gasteiger partial charge in [-0.05, 0) is 18.2 Å². The van der Waals surface area contributed by atoms with Crippen molar-refractivity contribution in [2.24, 2.45) is 0 Å². The Balaban J connectivity index is 2.84. The Morgan fingerprint density at radius 3 is 2.44 bits per heavy atom. The molecule has 1 aromatic carbocycles. The maximum absolute atomic E-state index is 11.9. The number of hydrogen-bond donors (Lipinski definition) is 0. The molecule has 0 atom stereocenters. The van der Waals surface area contributed by atoms with E-state index in [1.165, 1.54) is 4.90 Å². The Bertz CT molecular complexity index is 420. The first-order chi connectivity index (χ1) is 7.54. The zero-order valence-corrected chi connectivity index (χ0v) is 11.9. The van der Waals surface area contributed by atoms with Crippen LogP contribution in [-0.4, -0.2) is 24.4 Å². The molecule has 0 fully saturated rings. The zero-order valence-electron chi connectivity index (χ0n) is 8.70. The summed E-state index contributed by atoms with van der Waals surface area (Å²) in [5.74, 6) is -0.0859. The van der Waals surface area contributed by atoms with Gasteiger partial charge in [0.15, 0.2) is 0 Å². The normalized spacial score (nSPS) is 9.62. The average molecular weight is 346 g/mol. The SMILES string of the molecule is CN(CCC#N)C(=O)c1cc(Br)cc(Br)c1. The van der Waals surface area contributed by atoms with E-state index in [0.29, 0.717) is 18.5 Å². The lowest BCUT2D eigenvalue weighted by Crippen LogP contribution is -2.27. The fourth-order valence-corrected chi connectivity index (χ4v) is 2.51. The maximum Gasteiger partial charge on any atom is 0.253 e. The summed E-state index contributed by atoms with van der Waals surface area (Å²) in [6, 6.07) is 7.40. The van der Waals surface area contributed by atoms with Gasteiger partial charge in [-0.15, -0.1) is 0 Å². The quantitative estimate of drug-likeness (QED) is 0.844. The van der Waals surface area contributed by atoms with Crippen LogP contribution >= 0.6 is 31.9 Å². The van der Waals surface area contributed by atoms with Gasteiger partial charge in [-0.1, -0.05) is 31.9 Å². The minimum absolute atomic E-state index is 0.0859. The first kappa shape index (κ1) is 13.2. The van der Waals surface area contributed by atoms with Crippen LogP contribution in [0.15, 0.2) is 27.1 Å². The van der Waals surface area contributed by atoms with Crippen molar-refractivity contribution >= 4 is 37.8 Å². The second kappa shape index (κ2) is 6.02. The largest absolute Gasteiger partial charge is 0.341 e. The fourth-order valence-electron chi connectivity index (χ4n) is 1.22. The number of rotatable bonds is 3. The second-order valence-corrected chi connectivity index (χ2v) is 5.12. The van der Waals surface area contributed by atoms with Gasteiger partial charge in [0, 0.05) is 28.1 Å². The van der Waals surface area contributed by atoms with Gasteiger partial charge < -0.3 is 4.90 Å². The lowest BCUT2D eigenvalue weighted by Gasteiger charge is -2.15. The molecule has 5 heteroatoms. The number of halogens is 2. The first-order valence-electron chi connectivity index (χ1n) is 4.63. The number of hydrogen-bond acceptors (Lipinski definition) is 2. The second-order valence-electron chi connectivity index (χ2n) is 3.29. The van der Waals surface area contributed by atoms with E-state index in [1.54, 1.807) is 19.2 Å². The molecule has 0 radical (unpaired) electrons. The summed E-state index contributed by atoms with van der Waals surface area (Å²) >= 11 is 6.66. The van der Waals surface area contributed by atoms with Crippen molar-refractivity contribution in [3.8, 4) is 6.07 Å². The molecular weight excluding hydrogens is 336 g/mol. The molecule has 0 N–H and O–H groups in total. The Kier molecular flexibility index (Phi) is 4.97. The molecule has 0 unspecified atom stereocenters. The smallest absolute Gasteiger partial charge is 0.253 e. The van der Waals surface area contributed by atoms with Crippen LogP contribution in [0.2, 0.25) is 0 Å². The molecule has 0 saturated heterocycles. The van der Waals surface area contributed by atoms with E-state index in [9.17, 15) is 4.79 Å². The van der Waals surface area contributed by atoms with Gasteiger partial charge in [-0.25, -0.2) is 0 Å². The van der Waals surface area contributed by atoms with Crippen molar-refractivity contribution in [1.29, 1.82) is 5.26 Å². The maximum atomic E-state index is 11.9. The van der Waals surface area contributed by atoms with Crippen LogP contribution in [0, 0.1) is 11.3 Å². The minimum Gasteiger partial charge on any atom is -0.341 e. The van der Waals surface area contributed by atoms with Crippen molar-refractivity contribution in [3.05, 3.63) is 32.7 Å².